The second kappa shape index (κ2) is 8.02. The molecule has 1 aromatic heterocycles. The van der Waals surface area contributed by atoms with Crippen LogP contribution >= 0.6 is 0 Å². The van der Waals surface area contributed by atoms with E-state index in [0.717, 1.165) is 13.0 Å². The molecule has 0 spiro atoms. The summed E-state index contributed by atoms with van der Waals surface area (Å²) < 4.78 is 5.39. The van der Waals surface area contributed by atoms with Crippen molar-refractivity contribution in [2.45, 2.75) is 46.1 Å². The standard InChI is InChI=1S/C15H28N4O2/c1-6-7-16-13-12(21-5)14(19-10-18-13)17-9-15(4,20)8-11(2)3/h10-11,20H,6-9H2,1-5H3,(H2,16,17,18,19). The Kier molecular flexibility index (Phi) is 6.68. The molecule has 1 aromatic rings. The highest BCUT2D eigenvalue weighted by Crippen LogP contribution is 2.29. The van der Waals surface area contributed by atoms with Gasteiger partial charge in [0.15, 0.2) is 11.6 Å². The normalized spacial score (nSPS) is 13.9. The predicted molar refractivity (Wildman–Crippen MR) is 85.9 cm³/mol. The number of nitrogens with zero attached hydrogens (tertiary/aromatic N) is 2. The summed E-state index contributed by atoms with van der Waals surface area (Å²) in [7, 11) is 1.59. The Bertz CT molecular complexity index is 436. The molecular weight excluding hydrogens is 268 g/mol. The molecule has 3 N–H and O–H groups in total. The van der Waals surface area contributed by atoms with Gasteiger partial charge in [0.25, 0.3) is 0 Å². The van der Waals surface area contributed by atoms with Crippen LogP contribution in [0.2, 0.25) is 0 Å². The van der Waals surface area contributed by atoms with Crippen LogP contribution < -0.4 is 15.4 Å². The minimum absolute atomic E-state index is 0.409. The van der Waals surface area contributed by atoms with Gasteiger partial charge in [0.1, 0.15) is 6.33 Å². The van der Waals surface area contributed by atoms with Crippen LogP contribution in [0.4, 0.5) is 11.6 Å². The Morgan fingerprint density at radius 3 is 2.43 bits per heavy atom. The lowest BCUT2D eigenvalue weighted by atomic mass is 9.94. The highest BCUT2D eigenvalue weighted by Gasteiger charge is 2.23. The van der Waals surface area contributed by atoms with E-state index in [1.807, 2.05) is 6.92 Å². The fourth-order valence-corrected chi connectivity index (χ4v) is 2.29. The van der Waals surface area contributed by atoms with Crippen molar-refractivity contribution in [1.29, 1.82) is 0 Å². The van der Waals surface area contributed by atoms with E-state index in [0.29, 0.717) is 36.3 Å². The van der Waals surface area contributed by atoms with Gasteiger partial charge in [-0.2, -0.15) is 0 Å². The largest absolute Gasteiger partial charge is 0.490 e. The molecule has 0 aromatic carbocycles. The van der Waals surface area contributed by atoms with Crippen molar-refractivity contribution in [2.75, 3.05) is 30.8 Å². The quantitative estimate of drug-likeness (QED) is 0.650. The Labute approximate surface area is 127 Å². The maximum absolute atomic E-state index is 10.4. The predicted octanol–water partition coefficient (Wildman–Crippen LogP) is 2.52. The number of aliphatic hydroxyl groups is 1. The molecular formula is C15H28N4O2. The molecule has 21 heavy (non-hydrogen) atoms. The smallest absolute Gasteiger partial charge is 0.204 e. The van der Waals surface area contributed by atoms with E-state index < -0.39 is 5.60 Å². The maximum Gasteiger partial charge on any atom is 0.204 e. The van der Waals surface area contributed by atoms with Gasteiger partial charge < -0.3 is 20.5 Å². The zero-order valence-electron chi connectivity index (χ0n) is 13.7. The van der Waals surface area contributed by atoms with E-state index in [1.54, 1.807) is 7.11 Å². The van der Waals surface area contributed by atoms with Crippen molar-refractivity contribution in [1.82, 2.24) is 9.97 Å². The van der Waals surface area contributed by atoms with Gasteiger partial charge in [0, 0.05) is 13.1 Å². The van der Waals surface area contributed by atoms with Crippen LogP contribution in [-0.4, -0.2) is 40.9 Å². The third-order valence-corrected chi connectivity index (χ3v) is 3.04. The summed E-state index contributed by atoms with van der Waals surface area (Å²) in [6, 6.07) is 0. The van der Waals surface area contributed by atoms with Gasteiger partial charge >= 0.3 is 0 Å². The van der Waals surface area contributed by atoms with Gasteiger partial charge in [-0.25, -0.2) is 9.97 Å². The Morgan fingerprint density at radius 1 is 1.29 bits per heavy atom. The number of anilines is 2. The van der Waals surface area contributed by atoms with Crippen molar-refractivity contribution in [2.24, 2.45) is 5.92 Å². The lowest BCUT2D eigenvalue weighted by Crippen LogP contribution is -2.35. The van der Waals surface area contributed by atoms with E-state index in [4.69, 9.17) is 4.74 Å². The first-order chi connectivity index (χ1) is 9.89. The average Bonchev–Trinajstić information content (AvgIpc) is 2.41. The van der Waals surface area contributed by atoms with E-state index in [-0.39, 0.29) is 0 Å². The average molecular weight is 296 g/mol. The van der Waals surface area contributed by atoms with Crippen molar-refractivity contribution in [3.63, 3.8) is 0 Å². The third kappa shape index (κ3) is 5.75. The van der Waals surface area contributed by atoms with Gasteiger partial charge in [-0.1, -0.05) is 20.8 Å². The van der Waals surface area contributed by atoms with Crippen LogP contribution in [0.25, 0.3) is 0 Å². The number of methoxy groups -OCH3 is 1. The zero-order chi connectivity index (χ0) is 15.9. The summed E-state index contributed by atoms with van der Waals surface area (Å²) in [5.41, 5.74) is -0.791. The molecule has 0 radical (unpaired) electrons. The highest BCUT2D eigenvalue weighted by atomic mass is 16.5. The molecule has 1 heterocycles. The lowest BCUT2D eigenvalue weighted by molar-refractivity contribution is 0.0514. The van der Waals surface area contributed by atoms with Crippen molar-refractivity contribution >= 4 is 11.6 Å². The van der Waals surface area contributed by atoms with Crippen LogP contribution in [0, 0.1) is 5.92 Å². The van der Waals surface area contributed by atoms with Gasteiger partial charge in [0.05, 0.1) is 12.7 Å². The molecule has 0 saturated carbocycles. The summed E-state index contributed by atoms with van der Waals surface area (Å²) in [6.07, 6.45) is 3.20. The molecule has 0 fully saturated rings. The molecule has 0 saturated heterocycles. The first kappa shape index (κ1) is 17.5. The van der Waals surface area contributed by atoms with Crippen molar-refractivity contribution < 1.29 is 9.84 Å². The SMILES string of the molecule is CCCNc1ncnc(NCC(C)(O)CC(C)C)c1OC. The molecule has 0 aliphatic heterocycles. The van der Waals surface area contributed by atoms with E-state index >= 15 is 0 Å². The zero-order valence-corrected chi connectivity index (χ0v) is 13.7. The third-order valence-electron chi connectivity index (χ3n) is 3.04. The molecule has 0 amide bonds. The van der Waals surface area contributed by atoms with Crippen LogP contribution in [0.3, 0.4) is 0 Å². The van der Waals surface area contributed by atoms with Crippen LogP contribution in [-0.2, 0) is 0 Å². The van der Waals surface area contributed by atoms with E-state index in [1.165, 1.54) is 6.33 Å². The minimum Gasteiger partial charge on any atom is -0.490 e. The van der Waals surface area contributed by atoms with Gasteiger partial charge in [0.2, 0.25) is 5.75 Å². The van der Waals surface area contributed by atoms with E-state index in [9.17, 15) is 5.11 Å². The van der Waals surface area contributed by atoms with Gasteiger partial charge in [-0.3, -0.25) is 0 Å². The lowest BCUT2D eigenvalue weighted by Gasteiger charge is -2.26. The molecule has 0 bridgehead atoms. The summed E-state index contributed by atoms with van der Waals surface area (Å²) in [5, 5.41) is 16.7. The topological polar surface area (TPSA) is 79.3 Å². The minimum atomic E-state index is -0.791. The first-order valence-electron chi connectivity index (χ1n) is 7.48. The molecule has 0 aliphatic carbocycles. The number of aromatic nitrogens is 2. The van der Waals surface area contributed by atoms with Gasteiger partial charge in [-0.05, 0) is 25.7 Å². The highest BCUT2D eigenvalue weighted by molar-refractivity contribution is 5.63. The summed E-state index contributed by atoms with van der Waals surface area (Å²) in [6.45, 7) is 9.32. The molecule has 6 nitrogen and oxygen atoms in total. The first-order valence-corrected chi connectivity index (χ1v) is 7.48. The Balaban J connectivity index is 2.78. The fraction of sp³-hybridized carbons (Fsp3) is 0.733. The summed E-state index contributed by atoms with van der Waals surface area (Å²) in [4.78, 5) is 8.39. The Hall–Kier alpha value is -1.56. The van der Waals surface area contributed by atoms with Crippen LogP contribution in [0.15, 0.2) is 6.33 Å². The number of rotatable bonds is 9. The monoisotopic (exact) mass is 296 g/mol. The number of nitrogens with one attached hydrogen (secondary N) is 2. The number of hydrogen-bond acceptors (Lipinski definition) is 6. The molecule has 1 atom stereocenters. The molecule has 1 rings (SSSR count). The van der Waals surface area contributed by atoms with Crippen molar-refractivity contribution in [3.8, 4) is 5.75 Å². The molecule has 6 heteroatoms. The Morgan fingerprint density at radius 2 is 1.90 bits per heavy atom. The number of hydrogen-bond donors (Lipinski definition) is 3. The van der Waals surface area contributed by atoms with Crippen LogP contribution in [0.1, 0.15) is 40.5 Å². The molecule has 0 aliphatic rings. The van der Waals surface area contributed by atoms with Gasteiger partial charge in [-0.15, -0.1) is 0 Å². The summed E-state index contributed by atoms with van der Waals surface area (Å²) in [5.74, 6) is 2.26. The second-order valence-corrected chi connectivity index (χ2v) is 5.98. The maximum atomic E-state index is 10.4. The van der Waals surface area contributed by atoms with Crippen molar-refractivity contribution in [3.05, 3.63) is 6.33 Å². The van der Waals surface area contributed by atoms with E-state index in [2.05, 4.69) is 41.4 Å². The molecule has 120 valence electrons. The second-order valence-electron chi connectivity index (χ2n) is 5.98. The molecule has 1 unspecified atom stereocenters. The number of ether oxygens (including phenoxy) is 1. The fourth-order valence-electron chi connectivity index (χ4n) is 2.29. The summed E-state index contributed by atoms with van der Waals surface area (Å²) >= 11 is 0. The van der Waals surface area contributed by atoms with Crippen LogP contribution in [0.5, 0.6) is 5.75 Å².